The number of primary sulfonamides is 1. The molecule has 0 amide bonds. The maximum absolute atomic E-state index is 11.3. The topological polar surface area (TPSA) is 134 Å². The number of guanidine groups is 1. The molecule has 1 aromatic heterocycles. The van der Waals surface area contributed by atoms with Gasteiger partial charge in [0.15, 0.2) is 11.9 Å². The molecule has 2 aliphatic heterocycles. The summed E-state index contributed by atoms with van der Waals surface area (Å²) in [5.41, 5.74) is 0.453. The molecular weight excluding hydrogens is 418 g/mol. The van der Waals surface area contributed by atoms with Gasteiger partial charge in [-0.25, -0.2) is 28.5 Å². The van der Waals surface area contributed by atoms with E-state index in [1.54, 1.807) is 23.1 Å². The number of nitrogens with two attached hydrogens (primary N) is 1. The SMILES string of the molecule is NS(=O)(=O)c1ccc(N=NC2=NC3C(=N2)N=CN=C3SCc2cccs2)cc1. The van der Waals surface area contributed by atoms with Gasteiger partial charge < -0.3 is 0 Å². The van der Waals surface area contributed by atoms with Crippen molar-refractivity contribution in [2.24, 2.45) is 35.3 Å². The molecule has 0 fully saturated rings. The van der Waals surface area contributed by atoms with E-state index in [-0.39, 0.29) is 16.9 Å². The van der Waals surface area contributed by atoms with Crippen molar-refractivity contribution < 1.29 is 8.42 Å². The lowest BCUT2D eigenvalue weighted by atomic mass is 10.3. The summed E-state index contributed by atoms with van der Waals surface area (Å²) in [5, 5.41) is 16.0. The van der Waals surface area contributed by atoms with E-state index < -0.39 is 10.0 Å². The molecule has 1 aromatic carbocycles. The Hall–Kier alpha value is -2.54. The number of amidine groups is 1. The number of benzene rings is 1. The van der Waals surface area contributed by atoms with Gasteiger partial charge in [0, 0.05) is 10.6 Å². The summed E-state index contributed by atoms with van der Waals surface area (Å²) in [6.07, 6.45) is 1.47. The van der Waals surface area contributed by atoms with Crippen molar-refractivity contribution in [3.8, 4) is 0 Å². The monoisotopic (exact) mass is 431 g/mol. The second kappa shape index (κ2) is 7.83. The van der Waals surface area contributed by atoms with Crippen LogP contribution in [0.3, 0.4) is 0 Å². The highest BCUT2D eigenvalue weighted by Crippen LogP contribution is 2.25. The van der Waals surface area contributed by atoms with Crippen LogP contribution in [-0.2, 0) is 15.8 Å². The molecule has 1 atom stereocenters. The van der Waals surface area contributed by atoms with Crippen LogP contribution in [0.25, 0.3) is 0 Å². The molecular formula is C16H13N7O2S3. The normalized spacial score (nSPS) is 18.8. The average Bonchev–Trinajstić information content (AvgIpc) is 3.34. The summed E-state index contributed by atoms with van der Waals surface area (Å²) in [7, 11) is -3.74. The Morgan fingerprint density at radius 2 is 2.00 bits per heavy atom. The van der Waals surface area contributed by atoms with Crippen LogP contribution in [0.4, 0.5) is 5.69 Å². The Morgan fingerprint density at radius 3 is 2.71 bits per heavy atom. The minimum atomic E-state index is -3.74. The fraction of sp³-hybridized carbons (Fsp3) is 0.125. The van der Waals surface area contributed by atoms with Crippen LogP contribution in [0.1, 0.15) is 4.88 Å². The minimum Gasteiger partial charge on any atom is -0.232 e. The fourth-order valence-corrected chi connectivity index (χ4v) is 4.63. The molecule has 0 spiro atoms. The number of aliphatic imine (C=N–C) groups is 4. The second-order valence-electron chi connectivity index (χ2n) is 5.62. The van der Waals surface area contributed by atoms with Gasteiger partial charge in [0.25, 0.3) is 5.96 Å². The molecule has 9 nitrogen and oxygen atoms in total. The maximum Gasteiger partial charge on any atom is 0.267 e. The van der Waals surface area contributed by atoms with Gasteiger partial charge in [0.2, 0.25) is 10.0 Å². The predicted octanol–water partition coefficient (Wildman–Crippen LogP) is 2.99. The number of fused-ring (bicyclic) bond motifs is 1. The van der Waals surface area contributed by atoms with Crippen LogP contribution in [-0.4, -0.2) is 37.6 Å². The van der Waals surface area contributed by atoms with E-state index in [2.05, 4.69) is 36.3 Å². The van der Waals surface area contributed by atoms with Gasteiger partial charge in [0.1, 0.15) is 11.4 Å². The molecule has 12 heteroatoms. The molecule has 28 heavy (non-hydrogen) atoms. The molecule has 1 unspecified atom stereocenters. The van der Waals surface area contributed by atoms with Crippen molar-refractivity contribution in [3.63, 3.8) is 0 Å². The number of azo groups is 1. The summed E-state index contributed by atoms with van der Waals surface area (Å²) in [6.45, 7) is 0. The first kappa shape index (κ1) is 18.8. The summed E-state index contributed by atoms with van der Waals surface area (Å²) in [6, 6.07) is 9.45. The van der Waals surface area contributed by atoms with Crippen LogP contribution in [0, 0.1) is 0 Å². The van der Waals surface area contributed by atoms with E-state index in [4.69, 9.17) is 5.14 Å². The number of hydrogen-bond donors (Lipinski definition) is 1. The number of thiophene rings is 1. The molecule has 4 rings (SSSR count). The molecule has 2 N–H and O–H groups in total. The number of sulfonamides is 1. The largest absolute Gasteiger partial charge is 0.267 e. The Balaban J connectivity index is 1.46. The van der Waals surface area contributed by atoms with E-state index >= 15 is 0 Å². The lowest BCUT2D eigenvalue weighted by molar-refractivity contribution is 0.598. The van der Waals surface area contributed by atoms with E-state index in [0.717, 1.165) is 10.8 Å². The van der Waals surface area contributed by atoms with Gasteiger partial charge in [-0.2, -0.15) is 4.99 Å². The Bertz CT molecular complexity index is 1130. The zero-order chi connectivity index (χ0) is 19.6. The highest BCUT2D eigenvalue weighted by Gasteiger charge is 2.30. The standard InChI is InChI=1S/C16H13N7O2S3/c17-28(24,25)12-5-3-10(4-6-12)22-23-16-20-13-14(21-16)18-9-19-15(13)27-8-11-2-1-7-26-11/h1-7,9,13H,8H2,(H2,17,24,25). The first-order valence-electron chi connectivity index (χ1n) is 7.95. The molecule has 0 saturated heterocycles. The third-order valence-corrected chi connectivity index (χ3v) is 6.74. The van der Waals surface area contributed by atoms with Crippen LogP contribution in [0.2, 0.25) is 0 Å². The number of rotatable bonds is 4. The summed E-state index contributed by atoms with van der Waals surface area (Å²) >= 11 is 3.28. The number of hydrogen-bond acceptors (Lipinski definition) is 10. The molecule has 2 aliphatic rings. The van der Waals surface area contributed by atoms with Crippen molar-refractivity contribution in [1.82, 2.24) is 0 Å². The second-order valence-corrected chi connectivity index (χ2v) is 9.21. The first-order valence-corrected chi connectivity index (χ1v) is 11.4. The summed E-state index contributed by atoms with van der Waals surface area (Å²) < 4.78 is 22.6. The maximum atomic E-state index is 11.3. The number of nitrogens with zero attached hydrogens (tertiary/aromatic N) is 6. The molecule has 142 valence electrons. The summed E-state index contributed by atoms with van der Waals surface area (Å²) in [4.78, 5) is 18.5. The zero-order valence-electron chi connectivity index (χ0n) is 14.2. The highest BCUT2D eigenvalue weighted by atomic mass is 32.2. The summed E-state index contributed by atoms with van der Waals surface area (Å²) in [5.74, 6) is 1.53. The smallest absolute Gasteiger partial charge is 0.232 e. The third-order valence-electron chi connectivity index (χ3n) is 3.68. The molecule has 0 bridgehead atoms. The van der Waals surface area contributed by atoms with Crippen LogP contribution in [0.15, 0.2) is 76.9 Å². The van der Waals surface area contributed by atoms with Crippen molar-refractivity contribution in [2.75, 3.05) is 0 Å². The van der Waals surface area contributed by atoms with Gasteiger partial charge in [-0.05, 0) is 35.7 Å². The average molecular weight is 432 g/mol. The van der Waals surface area contributed by atoms with Crippen LogP contribution in [0.5, 0.6) is 0 Å². The van der Waals surface area contributed by atoms with E-state index in [9.17, 15) is 8.42 Å². The highest BCUT2D eigenvalue weighted by molar-refractivity contribution is 8.13. The lowest BCUT2D eigenvalue weighted by Gasteiger charge is -2.12. The van der Waals surface area contributed by atoms with Crippen molar-refractivity contribution in [3.05, 3.63) is 46.7 Å². The Labute approximate surface area is 169 Å². The van der Waals surface area contributed by atoms with E-state index in [1.165, 1.54) is 35.5 Å². The zero-order valence-corrected chi connectivity index (χ0v) is 16.7. The quantitative estimate of drug-likeness (QED) is 0.746. The van der Waals surface area contributed by atoms with E-state index in [1.807, 2.05) is 11.4 Å². The first-order chi connectivity index (χ1) is 13.5. The third kappa shape index (κ3) is 4.30. The van der Waals surface area contributed by atoms with Crippen molar-refractivity contribution in [2.45, 2.75) is 16.7 Å². The molecule has 3 heterocycles. The molecule has 2 aromatic rings. The van der Waals surface area contributed by atoms with Gasteiger partial charge >= 0.3 is 0 Å². The van der Waals surface area contributed by atoms with Gasteiger partial charge in [-0.3, -0.25) is 0 Å². The Morgan fingerprint density at radius 1 is 1.18 bits per heavy atom. The molecule has 0 aliphatic carbocycles. The fourth-order valence-electron chi connectivity index (χ4n) is 2.36. The molecule has 0 saturated carbocycles. The van der Waals surface area contributed by atoms with Gasteiger partial charge in [-0.15, -0.1) is 33.3 Å². The lowest BCUT2D eigenvalue weighted by Crippen LogP contribution is -2.25. The Kier molecular flexibility index (Phi) is 5.26. The van der Waals surface area contributed by atoms with Crippen molar-refractivity contribution in [1.29, 1.82) is 0 Å². The predicted molar refractivity (Wildman–Crippen MR) is 113 cm³/mol. The number of thioether (sulfide) groups is 1. The van der Waals surface area contributed by atoms with Crippen LogP contribution >= 0.6 is 23.1 Å². The van der Waals surface area contributed by atoms with Crippen LogP contribution < -0.4 is 5.14 Å². The van der Waals surface area contributed by atoms with Gasteiger partial charge in [0.05, 0.1) is 10.6 Å². The van der Waals surface area contributed by atoms with E-state index in [0.29, 0.717) is 11.5 Å². The minimum absolute atomic E-state index is 0.00822. The van der Waals surface area contributed by atoms with Gasteiger partial charge in [-0.1, -0.05) is 6.07 Å². The molecule has 0 radical (unpaired) electrons. The van der Waals surface area contributed by atoms with Crippen molar-refractivity contribution >= 4 is 62.0 Å².